The number of ether oxygens (including phenoxy) is 2. The van der Waals surface area contributed by atoms with Gasteiger partial charge in [-0.05, 0) is 37.3 Å². The number of para-hydroxylation sites is 1. The van der Waals surface area contributed by atoms with Gasteiger partial charge in [0.1, 0.15) is 11.5 Å². The minimum atomic E-state index is -0.390. The van der Waals surface area contributed by atoms with Gasteiger partial charge >= 0.3 is 0 Å². The van der Waals surface area contributed by atoms with Crippen LogP contribution < -0.4 is 14.9 Å². The molecule has 0 radical (unpaired) electrons. The predicted molar refractivity (Wildman–Crippen MR) is 98.0 cm³/mol. The Hall–Kier alpha value is -2.05. The quantitative estimate of drug-likeness (QED) is 0.553. The molecule has 0 heterocycles. The SMILES string of the molecule is CCOc1ccccc1C=NNC(=O)COc1ccc(Br)cc1Cl. The van der Waals surface area contributed by atoms with Crippen LogP contribution in [0.3, 0.4) is 0 Å². The average Bonchev–Trinajstić information content (AvgIpc) is 2.56. The number of benzene rings is 2. The maximum absolute atomic E-state index is 11.8. The number of rotatable bonds is 7. The van der Waals surface area contributed by atoms with Crippen molar-refractivity contribution in [2.45, 2.75) is 6.92 Å². The van der Waals surface area contributed by atoms with Crippen molar-refractivity contribution in [3.8, 4) is 11.5 Å². The fourth-order valence-corrected chi connectivity index (χ4v) is 2.54. The average molecular weight is 412 g/mol. The molecule has 0 aliphatic carbocycles. The molecule has 7 heteroatoms. The molecule has 5 nitrogen and oxygen atoms in total. The summed E-state index contributed by atoms with van der Waals surface area (Å²) in [5, 5.41) is 4.33. The van der Waals surface area contributed by atoms with Crippen LogP contribution in [-0.2, 0) is 4.79 Å². The molecule has 0 aromatic heterocycles. The molecular formula is C17H16BrClN2O3. The zero-order valence-electron chi connectivity index (χ0n) is 13.0. The fourth-order valence-electron chi connectivity index (χ4n) is 1.82. The largest absolute Gasteiger partial charge is 0.493 e. The molecule has 1 N–H and O–H groups in total. The van der Waals surface area contributed by atoms with Crippen LogP contribution in [0.4, 0.5) is 0 Å². The van der Waals surface area contributed by atoms with Gasteiger partial charge < -0.3 is 9.47 Å². The third-order valence-electron chi connectivity index (χ3n) is 2.86. The van der Waals surface area contributed by atoms with E-state index in [9.17, 15) is 4.79 Å². The van der Waals surface area contributed by atoms with Crippen LogP contribution in [0, 0.1) is 0 Å². The minimum Gasteiger partial charge on any atom is -0.493 e. The molecule has 0 saturated heterocycles. The third kappa shape index (κ3) is 5.54. The van der Waals surface area contributed by atoms with Crippen LogP contribution in [0.5, 0.6) is 11.5 Å². The van der Waals surface area contributed by atoms with E-state index in [0.29, 0.717) is 23.1 Å². The fraction of sp³-hybridized carbons (Fsp3) is 0.176. The van der Waals surface area contributed by atoms with E-state index in [1.165, 1.54) is 6.21 Å². The lowest BCUT2D eigenvalue weighted by molar-refractivity contribution is -0.123. The summed E-state index contributed by atoms with van der Waals surface area (Å²) in [6.07, 6.45) is 1.52. The first-order valence-corrected chi connectivity index (χ1v) is 8.39. The van der Waals surface area contributed by atoms with Crippen LogP contribution in [0.25, 0.3) is 0 Å². The minimum absolute atomic E-state index is 0.189. The first-order valence-electron chi connectivity index (χ1n) is 7.21. The van der Waals surface area contributed by atoms with E-state index in [1.54, 1.807) is 18.2 Å². The Morgan fingerprint density at radius 1 is 1.25 bits per heavy atom. The molecule has 0 spiro atoms. The number of halogens is 2. The predicted octanol–water partition coefficient (Wildman–Crippen LogP) is 4.03. The van der Waals surface area contributed by atoms with Crippen molar-refractivity contribution in [3.63, 3.8) is 0 Å². The summed E-state index contributed by atoms with van der Waals surface area (Å²) in [4.78, 5) is 11.8. The van der Waals surface area contributed by atoms with E-state index in [-0.39, 0.29) is 12.5 Å². The summed E-state index contributed by atoms with van der Waals surface area (Å²) < 4.78 is 11.7. The molecule has 0 aliphatic rings. The highest BCUT2D eigenvalue weighted by molar-refractivity contribution is 9.10. The molecular weight excluding hydrogens is 396 g/mol. The lowest BCUT2D eigenvalue weighted by Gasteiger charge is -2.07. The van der Waals surface area contributed by atoms with E-state index < -0.39 is 0 Å². The van der Waals surface area contributed by atoms with Gasteiger partial charge in [0.15, 0.2) is 6.61 Å². The summed E-state index contributed by atoms with van der Waals surface area (Å²) in [5.74, 6) is 0.746. The normalized spacial score (nSPS) is 10.6. The van der Waals surface area contributed by atoms with Gasteiger partial charge in [-0.25, -0.2) is 5.43 Å². The monoisotopic (exact) mass is 410 g/mol. The van der Waals surface area contributed by atoms with E-state index in [0.717, 1.165) is 10.0 Å². The smallest absolute Gasteiger partial charge is 0.277 e. The van der Waals surface area contributed by atoms with Crippen molar-refractivity contribution in [2.75, 3.05) is 13.2 Å². The lowest BCUT2D eigenvalue weighted by atomic mass is 10.2. The highest BCUT2D eigenvalue weighted by Crippen LogP contribution is 2.27. The van der Waals surface area contributed by atoms with Crippen molar-refractivity contribution in [2.24, 2.45) is 5.10 Å². The van der Waals surface area contributed by atoms with Crippen LogP contribution >= 0.6 is 27.5 Å². The second kappa shape index (κ2) is 9.30. The Morgan fingerprint density at radius 3 is 2.79 bits per heavy atom. The summed E-state index contributed by atoms with van der Waals surface area (Å²) >= 11 is 9.32. The van der Waals surface area contributed by atoms with Gasteiger partial charge in [0.25, 0.3) is 5.91 Å². The Morgan fingerprint density at radius 2 is 2.04 bits per heavy atom. The maximum atomic E-state index is 11.8. The summed E-state index contributed by atoms with van der Waals surface area (Å²) in [6, 6.07) is 12.6. The van der Waals surface area contributed by atoms with Crippen LogP contribution in [-0.4, -0.2) is 25.3 Å². The number of hydrazone groups is 1. The molecule has 1 amide bonds. The summed E-state index contributed by atoms with van der Waals surface area (Å²) in [5.41, 5.74) is 3.17. The molecule has 0 unspecified atom stereocenters. The number of nitrogens with one attached hydrogen (secondary N) is 1. The molecule has 2 aromatic carbocycles. The third-order valence-corrected chi connectivity index (χ3v) is 3.65. The highest BCUT2D eigenvalue weighted by atomic mass is 79.9. The molecule has 0 saturated carbocycles. The van der Waals surface area contributed by atoms with E-state index >= 15 is 0 Å². The van der Waals surface area contributed by atoms with Gasteiger partial charge in [-0.1, -0.05) is 39.7 Å². The van der Waals surface area contributed by atoms with Gasteiger partial charge in [0.2, 0.25) is 0 Å². The first kappa shape index (κ1) is 18.3. The summed E-state index contributed by atoms with van der Waals surface area (Å²) in [6.45, 7) is 2.27. The standard InChI is InChI=1S/C17H16BrClN2O3/c1-2-23-15-6-4-3-5-12(15)10-20-21-17(22)11-24-16-8-7-13(18)9-14(16)19/h3-10H,2,11H2,1H3,(H,21,22). The molecule has 0 atom stereocenters. The van der Waals surface area contributed by atoms with Crippen molar-refractivity contribution in [1.82, 2.24) is 5.43 Å². The Labute approximate surface area is 153 Å². The zero-order chi connectivity index (χ0) is 17.4. The molecule has 24 heavy (non-hydrogen) atoms. The van der Waals surface area contributed by atoms with Crippen LogP contribution in [0.1, 0.15) is 12.5 Å². The molecule has 126 valence electrons. The Balaban J connectivity index is 1.87. The maximum Gasteiger partial charge on any atom is 0.277 e. The number of carbonyl (C=O) groups is 1. The summed E-state index contributed by atoms with van der Waals surface area (Å²) in [7, 11) is 0. The number of hydrogen-bond acceptors (Lipinski definition) is 4. The van der Waals surface area contributed by atoms with Gasteiger partial charge in [0.05, 0.1) is 17.8 Å². The number of carbonyl (C=O) groups excluding carboxylic acids is 1. The lowest BCUT2D eigenvalue weighted by Crippen LogP contribution is -2.24. The zero-order valence-corrected chi connectivity index (χ0v) is 15.3. The number of amides is 1. The molecule has 0 aliphatic heterocycles. The highest BCUT2D eigenvalue weighted by Gasteiger charge is 2.06. The Kier molecular flexibility index (Phi) is 7.08. The topological polar surface area (TPSA) is 59.9 Å². The molecule has 0 bridgehead atoms. The molecule has 2 rings (SSSR count). The van der Waals surface area contributed by atoms with E-state index in [1.807, 2.05) is 31.2 Å². The van der Waals surface area contributed by atoms with Gasteiger partial charge in [-0.3, -0.25) is 4.79 Å². The Bertz CT molecular complexity index is 738. The second-order valence-corrected chi connectivity index (χ2v) is 5.95. The van der Waals surface area contributed by atoms with Crippen LogP contribution in [0.15, 0.2) is 52.0 Å². The van der Waals surface area contributed by atoms with Crippen molar-refractivity contribution in [3.05, 3.63) is 57.5 Å². The van der Waals surface area contributed by atoms with E-state index in [2.05, 4.69) is 26.5 Å². The van der Waals surface area contributed by atoms with Gasteiger partial charge in [-0.2, -0.15) is 5.10 Å². The van der Waals surface area contributed by atoms with Gasteiger partial charge in [-0.15, -0.1) is 0 Å². The van der Waals surface area contributed by atoms with Crippen LogP contribution in [0.2, 0.25) is 5.02 Å². The van der Waals surface area contributed by atoms with Gasteiger partial charge in [0, 0.05) is 10.0 Å². The van der Waals surface area contributed by atoms with Crippen molar-refractivity contribution < 1.29 is 14.3 Å². The second-order valence-electron chi connectivity index (χ2n) is 4.63. The van der Waals surface area contributed by atoms with Crippen molar-refractivity contribution in [1.29, 1.82) is 0 Å². The number of hydrogen-bond donors (Lipinski definition) is 1. The van der Waals surface area contributed by atoms with Crippen molar-refractivity contribution >= 4 is 39.7 Å². The first-order chi connectivity index (χ1) is 11.6. The molecule has 2 aromatic rings. The van der Waals surface area contributed by atoms with E-state index in [4.69, 9.17) is 21.1 Å². The number of nitrogens with zero attached hydrogens (tertiary/aromatic N) is 1. The molecule has 0 fully saturated rings.